The van der Waals surface area contributed by atoms with E-state index in [4.69, 9.17) is 0 Å². The monoisotopic (exact) mass is 284 g/mol. The lowest BCUT2D eigenvalue weighted by atomic mass is 10.0. The first kappa shape index (κ1) is 13.5. The highest BCUT2D eigenvalue weighted by Gasteiger charge is 2.30. The number of phenolic OH excluding ortho intramolecular Hbond substituents is 1. The maximum absolute atomic E-state index is 11.7. The average Bonchev–Trinajstić information content (AvgIpc) is 2.51. The molecule has 0 radical (unpaired) electrons. The van der Waals surface area contributed by atoms with Crippen molar-refractivity contribution in [2.75, 3.05) is 4.31 Å². The molecule has 7 heteroatoms. The highest BCUT2D eigenvalue weighted by molar-refractivity contribution is 7.91. The molecule has 0 amide bonds. The van der Waals surface area contributed by atoms with Crippen molar-refractivity contribution in [2.24, 2.45) is 5.92 Å². The Morgan fingerprint density at radius 3 is 2.47 bits per heavy atom. The molecule has 0 bridgehead atoms. The van der Waals surface area contributed by atoms with Crippen molar-refractivity contribution < 1.29 is 18.6 Å². The number of phenols is 1. The van der Waals surface area contributed by atoms with Crippen molar-refractivity contribution in [1.82, 2.24) is 4.72 Å². The number of hydrogen-bond acceptors (Lipinski definition) is 4. The summed E-state index contributed by atoms with van der Waals surface area (Å²) in [4.78, 5) is 0. The average molecular weight is 284 g/mol. The topological polar surface area (TPSA) is 89.9 Å². The Labute approximate surface area is 112 Å². The molecule has 1 aromatic rings. The Balaban J connectivity index is 2.37. The summed E-state index contributed by atoms with van der Waals surface area (Å²) in [6.07, 6.45) is 1.80. The first-order valence-electron chi connectivity index (χ1n) is 5.84. The van der Waals surface area contributed by atoms with Crippen molar-refractivity contribution in [3.05, 3.63) is 35.8 Å². The molecule has 1 aliphatic rings. The van der Waals surface area contributed by atoms with Crippen LogP contribution >= 0.6 is 0 Å². The van der Waals surface area contributed by atoms with E-state index in [-0.39, 0.29) is 11.4 Å². The van der Waals surface area contributed by atoms with Gasteiger partial charge in [0, 0.05) is 0 Å². The molecule has 0 atom stereocenters. The quantitative estimate of drug-likeness (QED) is 0.786. The summed E-state index contributed by atoms with van der Waals surface area (Å²) in [5.74, 6) is -0.188. The van der Waals surface area contributed by atoms with Gasteiger partial charge in [-0.1, -0.05) is 19.9 Å². The molecule has 19 heavy (non-hydrogen) atoms. The molecule has 3 N–H and O–H groups in total. The molecule has 0 fully saturated rings. The van der Waals surface area contributed by atoms with Gasteiger partial charge in [0.25, 0.3) is 0 Å². The fourth-order valence-corrected chi connectivity index (χ4v) is 3.01. The molecule has 0 aromatic heterocycles. The van der Waals surface area contributed by atoms with Gasteiger partial charge in [0.15, 0.2) is 0 Å². The minimum Gasteiger partial charge on any atom is -0.506 e. The van der Waals surface area contributed by atoms with Gasteiger partial charge < -0.3 is 10.2 Å². The zero-order valence-corrected chi connectivity index (χ0v) is 11.5. The Bertz CT molecular complexity index is 623. The highest BCUT2D eigenvalue weighted by atomic mass is 32.2. The van der Waals surface area contributed by atoms with Crippen LogP contribution in [0.2, 0.25) is 0 Å². The molecular formula is C12H16N2O4S. The molecule has 6 nitrogen and oxygen atoms in total. The van der Waals surface area contributed by atoms with Gasteiger partial charge in [-0.3, -0.25) is 0 Å². The summed E-state index contributed by atoms with van der Waals surface area (Å²) in [6, 6.07) is 4.81. The molecule has 0 spiro atoms. The van der Waals surface area contributed by atoms with E-state index in [9.17, 15) is 18.6 Å². The zero-order valence-electron chi connectivity index (χ0n) is 10.7. The van der Waals surface area contributed by atoms with Crippen molar-refractivity contribution >= 4 is 15.9 Å². The standard InChI is InChI=1S/C12H16N2O4S/c1-8(2)5-9-3-4-10(11(15)6-9)14-7-12(16)13-19(14,17)18/h3-4,6-8,13,15-16H,5H2,1-2H3. The maximum atomic E-state index is 11.7. The van der Waals surface area contributed by atoms with Gasteiger partial charge in [0.05, 0.1) is 6.20 Å². The van der Waals surface area contributed by atoms with Crippen LogP contribution in [0.3, 0.4) is 0 Å². The number of aromatic hydroxyl groups is 1. The number of nitrogens with one attached hydrogen (secondary N) is 1. The lowest BCUT2D eigenvalue weighted by Crippen LogP contribution is -2.29. The van der Waals surface area contributed by atoms with E-state index >= 15 is 0 Å². The third-order valence-corrected chi connectivity index (χ3v) is 3.94. The first-order valence-corrected chi connectivity index (χ1v) is 7.28. The van der Waals surface area contributed by atoms with E-state index in [1.807, 2.05) is 4.72 Å². The van der Waals surface area contributed by atoms with Crippen LogP contribution in [-0.4, -0.2) is 18.6 Å². The van der Waals surface area contributed by atoms with Crippen LogP contribution in [0, 0.1) is 5.92 Å². The molecular weight excluding hydrogens is 268 g/mol. The lowest BCUT2D eigenvalue weighted by molar-refractivity contribution is 0.392. The lowest BCUT2D eigenvalue weighted by Gasteiger charge is -2.16. The van der Waals surface area contributed by atoms with Crippen LogP contribution in [0.15, 0.2) is 30.3 Å². The Kier molecular flexibility index (Phi) is 3.32. The largest absolute Gasteiger partial charge is 0.506 e. The molecule has 0 saturated heterocycles. The van der Waals surface area contributed by atoms with Crippen LogP contribution < -0.4 is 9.03 Å². The second-order valence-corrected chi connectivity index (χ2v) is 6.39. The second-order valence-electron chi connectivity index (χ2n) is 4.84. The second kappa shape index (κ2) is 4.65. The number of aliphatic hydroxyl groups excluding tert-OH is 1. The van der Waals surface area contributed by atoms with Gasteiger partial charge in [-0.15, -0.1) is 0 Å². The normalized spacial score (nSPS) is 17.4. The fraction of sp³-hybridized carbons (Fsp3) is 0.333. The predicted molar refractivity (Wildman–Crippen MR) is 71.9 cm³/mol. The number of anilines is 1. The van der Waals surface area contributed by atoms with Crippen molar-refractivity contribution in [2.45, 2.75) is 20.3 Å². The van der Waals surface area contributed by atoms with E-state index in [2.05, 4.69) is 13.8 Å². The summed E-state index contributed by atoms with van der Waals surface area (Å²) in [7, 11) is -3.87. The number of nitrogens with zero attached hydrogens (tertiary/aromatic N) is 1. The summed E-state index contributed by atoms with van der Waals surface area (Å²) in [5, 5.41) is 19.1. The van der Waals surface area contributed by atoms with E-state index in [1.165, 1.54) is 12.1 Å². The van der Waals surface area contributed by atoms with Gasteiger partial charge in [-0.05, 0) is 30.0 Å². The van der Waals surface area contributed by atoms with Crippen molar-refractivity contribution in [3.63, 3.8) is 0 Å². The summed E-state index contributed by atoms with van der Waals surface area (Å²) < 4.78 is 26.1. The van der Waals surface area contributed by atoms with Crippen LogP contribution in [-0.2, 0) is 16.6 Å². The van der Waals surface area contributed by atoms with Gasteiger partial charge in [-0.2, -0.15) is 8.42 Å². The number of rotatable bonds is 3. The third-order valence-electron chi connectivity index (χ3n) is 2.65. The SMILES string of the molecule is CC(C)Cc1ccc(N2C=C(O)NS2(=O)=O)c(O)c1. The zero-order chi connectivity index (χ0) is 14.2. The van der Waals surface area contributed by atoms with Crippen LogP contribution in [0.4, 0.5) is 5.69 Å². The minimum atomic E-state index is -3.87. The smallest absolute Gasteiger partial charge is 0.330 e. The van der Waals surface area contributed by atoms with Gasteiger partial charge in [-0.25, -0.2) is 9.03 Å². The highest BCUT2D eigenvalue weighted by Crippen LogP contribution is 2.32. The summed E-state index contributed by atoms with van der Waals surface area (Å²) in [6.45, 7) is 4.11. The molecule has 1 aliphatic heterocycles. The van der Waals surface area contributed by atoms with E-state index < -0.39 is 16.1 Å². The Morgan fingerprint density at radius 2 is 2.00 bits per heavy atom. The number of aliphatic hydroxyl groups is 1. The molecule has 0 aliphatic carbocycles. The van der Waals surface area contributed by atoms with Crippen molar-refractivity contribution in [1.29, 1.82) is 0 Å². The molecule has 1 aromatic carbocycles. The predicted octanol–water partition coefficient (Wildman–Crippen LogP) is 1.60. The maximum Gasteiger partial charge on any atom is 0.330 e. The van der Waals surface area contributed by atoms with Gasteiger partial charge in [0.1, 0.15) is 11.4 Å². The van der Waals surface area contributed by atoms with E-state index in [0.29, 0.717) is 5.92 Å². The summed E-state index contributed by atoms with van der Waals surface area (Å²) >= 11 is 0. The van der Waals surface area contributed by atoms with Crippen LogP contribution in [0.5, 0.6) is 5.75 Å². The van der Waals surface area contributed by atoms with Crippen LogP contribution in [0.1, 0.15) is 19.4 Å². The number of benzene rings is 1. The van der Waals surface area contributed by atoms with Gasteiger partial charge in [0.2, 0.25) is 5.88 Å². The molecule has 104 valence electrons. The summed E-state index contributed by atoms with van der Waals surface area (Å²) in [5.41, 5.74) is 1.03. The van der Waals surface area contributed by atoms with Crippen LogP contribution in [0.25, 0.3) is 0 Å². The molecule has 1 heterocycles. The van der Waals surface area contributed by atoms with E-state index in [0.717, 1.165) is 22.5 Å². The Morgan fingerprint density at radius 1 is 1.32 bits per heavy atom. The Hall–Kier alpha value is -1.89. The molecule has 2 rings (SSSR count). The minimum absolute atomic E-state index is 0.101. The van der Waals surface area contributed by atoms with E-state index in [1.54, 1.807) is 6.07 Å². The molecule has 0 saturated carbocycles. The van der Waals surface area contributed by atoms with Gasteiger partial charge >= 0.3 is 10.2 Å². The fourth-order valence-electron chi connectivity index (χ4n) is 1.94. The molecule has 0 unspecified atom stereocenters. The number of hydrogen-bond donors (Lipinski definition) is 3. The first-order chi connectivity index (χ1) is 8.79. The third kappa shape index (κ3) is 2.76. The van der Waals surface area contributed by atoms with Crippen molar-refractivity contribution in [3.8, 4) is 5.75 Å².